The Morgan fingerprint density at radius 1 is 1.00 bits per heavy atom. The van der Waals surface area contributed by atoms with Crippen molar-refractivity contribution in [3.8, 4) is 0 Å². The maximum Gasteiger partial charge on any atom is 0.269 e. The van der Waals surface area contributed by atoms with Crippen LogP contribution in [0.1, 0.15) is 72.9 Å². The molecule has 0 radical (unpaired) electrons. The van der Waals surface area contributed by atoms with Crippen LogP contribution in [-0.4, -0.2) is 53.3 Å². The molecule has 1 aromatic heterocycles. The summed E-state index contributed by atoms with van der Waals surface area (Å²) in [5.41, 5.74) is 8.48. The van der Waals surface area contributed by atoms with Gasteiger partial charge in [0, 0.05) is 49.0 Å². The summed E-state index contributed by atoms with van der Waals surface area (Å²) in [6.07, 6.45) is 5.01. The maximum atomic E-state index is 13.0. The van der Waals surface area contributed by atoms with E-state index in [4.69, 9.17) is 5.73 Å². The van der Waals surface area contributed by atoms with E-state index in [9.17, 15) is 18.8 Å². The predicted molar refractivity (Wildman–Crippen MR) is 166 cm³/mol. The molecule has 4 rings (SSSR count). The summed E-state index contributed by atoms with van der Waals surface area (Å²) in [4.78, 5) is 43.1. The van der Waals surface area contributed by atoms with Gasteiger partial charge in [0.1, 0.15) is 11.5 Å². The number of rotatable bonds is 8. The van der Waals surface area contributed by atoms with Gasteiger partial charge in [0.2, 0.25) is 5.91 Å². The van der Waals surface area contributed by atoms with Crippen molar-refractivity contribution in [3.05, 3.63) is 95.6 Å². The fourth-order valence-electron chi connectivity index (χ4n) is 4.08. The quantitative estimate of drug-likeness (QED) is 0.323. The Labute approximate surface area is 248 Å². The van der Waals surface area contributed by atoms with Gasteiger partial charge in [-0.3, -0.25) is 19.4 Å². The summed E-state index contributed by atoms with van der Waals surface area (Å²) in [5, 5.41) is 5.42. The molecule has 1 fully saturated rings. The van der Waals surface area contributed by atoms with E-state index in [2.05, 4.69) is 48.5 Å². The van der Waals surface area contributed by atoms with E-state index in [1.807, 2.05) is 18.2 Å². The van der Waals surface area contributed by atoms with Crippen LogP contribution in [0.3, 0.4) is 0 Å². The number of likely N-dealkylation sites (tertiary alicyclic amines) is 1. The second-order valence-corrected chi connectivity index (χ2v) is 10.4. The molecule has 226 valence electrons. The van der Waals surface area contributed by atoms with Gasteiger partial charge in [0.15, 0.2) is 0 Å². The summed E-state index contributed by atoms with van der Waals surface area (Å²) < 4.78 is 13.0. The lowest BCUT2D eigenvalue weighted by atomic mass is 10.0. The first kappa shape index (κ1) is 34.1. The Balaban J connectivity index is 0.000000523. The molecule has 2 heterocycles. The summed E-state index contributed by atoms with van der Waals surface area (Å²) >= 11 is 0. The van der Waals surface area contributed by atoms with E-state index < -0.39 is 17.9 Å². The van der Waals surface area contributed by atoms with Crippen LogP contribution < -0.4 is 16.4 Å². The minimum atomic E-state index is -0.456. The molecule has 8 nitrogen and oxygen atoms in total. The molecule has 4 N–H and O–H groups in total. The molecule has 0 saturated carbocycles. The van der Waals surface area contributed by atoms with Crippen molar-refractivity contribution in [1.29, 1.82) is 0 Å². The van der Waals surface area contributed by atoms with Gasteiger partial charge in [-0.1, -0.05) is 63.1 Å². The number of hydrogen-bond donors (Lipinski definition) is 3. The molecule has 3 aromatic rings. The van der Waals surface area contributed by atoms with Gasteiger partial charge in [-0.15, -0.1) is 0 Å². The van der Waals surface area contributed by atoms with Gasteiger partial charge in [-0.05, 0) is 62.6 Å². The lowest BCUT2D eigenvalue weighted by molar-refractivity contribution is -0.119. The Morgan fingerprint density at radius 3 is 2.19 bits per heavy atom. The van der Waals surface area contributed by atoms with Crippen LogP contribution in [0.15, 0.2) is 72.9 Å². The first-order valence-corrected chi connectivity index (χ1v) is 14.5. The number of aryl methyl sites for hydroxylation is 1. The predicted octanol–water partition coefficient (Wildman–Crippen LogP) is 5.59. The molecular formula is C33H44FN5O3. The van der Waals surface area contributed by atoms with E-state index >= 15 is 0 Å². The Hall–Kier alpha value is -4.11. The maximum absolute atomic E-state index is 13.0. The van der Waals surface area contributed by atoms with Crippen LogP contribution in [0, 0.1) is 18.7 Å². The second kappa shape index (κ2) is 18.3. The molecule has 0 bridgehead atoms. The third-order valence-electron chi connectivity index (χ3n) is 6.31. The van der Waals surface area contributed by atoms with Crippen LogP contribution >= 0.6 is 0 Å². The first-order chi connectivity index (χ1) is 20.1. The number of carbonyl (C=O) groups excluding carboxylic acids is 3. The number of nitrogens with zero attached hydrogens (tertiary/aromatic N) is 2. The highest BCUT2D eigenvalue weighted by atomic mass is 19.1. The largest absolute Gasteiger partial charge is 0.349 e. The van der Waals surface area contributed by atoms with Crippen LogP contribution in [0.4, 0.5) is 10.1 Å². The van der Waals surface area contributed by atoms with Crippen molar-refractivity contribution in [2.24, 2.45) is 11.7 Å². The monoisotopic (exact) mass is 577 g/mol. The molecule has 42 heavy (non-hydrogen) atoms. The highest BCUT2D eigenvalue weighted by molar-refractivity contribution is 5.98. The van der Waals surface area contributed by atoms with Gasteiger partial charge in [-0.25, -0.2) is 4.39 Å². The topological polar surface area (TPSA) is 117 Å². The minimum Gasteiger partial charge on any atom is -0.349 e. The van der Waals surface area contributed by atoms with Crippen LogP contribution in [-0.2, 0) is 4.79 Å². The van der Waals surface area contributed by atoms with E-state index in [0.29, 0.717) is 17.7 Å². The average Bonchev–Trinajstić information content (AvgIpc) is 3.53. The van der Waals surface area contributed by atoms with E-state index in [-0.39, 0.29) is 29.9 Å². The standard InChI is InChI=1S/C23H28FN5O3.C7H8.C3H8/c1-15(21(30)28-19-6-4-17(24)5-7-19)12-18(25)14-27-22(31)20-13-16(8-9-26-20)23(32)29-10-2-3-11-29;1-7-5-3-2-4-6-7;1-3-2/h4-9,13,15,18H,2-3,10-12,14,25H2,1H3,(H,27,31)(H,28,30);2-6H,1H3;3H2,1-2H3. The van der Waals surface area contributed by atoms with Crippen LogP contribution in [0.25, 0.3) is 0 Å². The first-order valence-electron chi connectivity index (χ1n) is 14.5. The van der Waals surface area contributed by atoms with Gasteiger partial charge >= 0.3 is 0 Å². The highest BCUT2D eigenvalue weighted by Crippen LogP contribution is 2.14. The SMILES string of the molecule is CC(CC(N)CNC(=O)c1cc(C(=O)N2CCCC2)ccn1)C(=O)Nc1ccc(F)cc1.CCC.Cc1ccccc1. The summed E-state index contributed by atoms with van der Waals surface area (Å²) in [5.74, 6) is -1.56. The highest BCUT2D eigenvalue weighted by Gasteiger charge is 2.21. The number of anilines is 1. The number of benzene rings is 2. The smallest absolute Gasteiger partial charge is 0.269 e. The van der Waals surface area contributed by atoms with Crippen LogP contribution in [0.2, 0.25) is 0 Å². The van der Waals surface area contributed by atoms with Crippen molar-refractivity contribution in [2.75, 3.05) is 25.0 Å². The number of pyridine rings is 1. The Morgan fingerprint density at radius 2 is 1.62 bits per heavy atom. The number of aromatic nitrogens is 1. The number of nitrogens with two attached hydrogens (primary N) is 1. The molecule has 1 aliphatic heterocycles. The van der Waals surface area contributed by atoms with Gasteiger partial charge in [0.25, 0.3) is 11.8 Å². The minimum absolute atomic E-state index is 0.100. The summed E-state index contributed by atoms with van der Waals surface area (Å²) in [6.45, 7) is 9.67. The summed E-state index contributed by atoms with van der Waals surface area (Å²) in [7, 11) is 0. The average molecular weight is 578 g/mol. The molecule has 3 amide bonds. The van der Waals surface area contributed by atoms with E-state index in [0.717, 1.165) is 25.9 Å². The molecule has 1 saturated heterocycles. The van der Waals surface area contributed by atoms with Crippen molar-refractivity contribution in [1.82, 2.24) is 15.2 Å². The van der Waals surface area contributed by atoms with Crippen molar-refractivity contribution in [2.45, 2.75) is 59.4 Å². The molecular weight excluding hydrogens is 533 g/mol. The molecule has 0 spiro atoms. The zero-order valence-corrected chi connectivity index (χ0v) is 25.1. The van der Waals surface area contributed by atoms with Crippen molar-refractivity contribution < 1.29 is 18.8 Å². The van der Waals surface area contributed by atoms with E-state index in [1.54, 1.807) is 17.9 Å². The van der Waals surface area contributed by atoms with Gasteiger partial charge < -0.3 is 21.3 Å². The molecule has 2 atom stereocenters. The van der Waals surface area contributed by atoms with Crippen molar-refractivity contribution >= 4 is 23.4 Å². The number of carbonyl (C=O) groups is 3. The molecule has 0 aliphatic carbocycles. The summed E-state index contributed by atoms with van der Waals surface area (Å²) in [6, 6.07) is 18.4. The zero-order chi connectivity index (χ0) is 30.9. The molecule has 9 heteroatoms. The second-order valence-electron chi connectivity index (χ2n) is 10.4. The number of amides is 3. The fourth-order valence-corrected chi connectivity index (χ4v) is 4.08. The van der Waals surface area contributed by atoms with E-state index in [1.165, 1.54) is 48.5 Å². The fraction of sp³-hybridized carbons (Fsp3) is 0.394. The lowest BCUT2D eigenvalue weighted by Crippen LogP contribution is -2.40. The number of hydrogen-bond acceptors (Lipinski definition) is 5. The normalized spacial score (nSPS) is 13.4. The molecule has 2 aromatic carbocycles. The number of halogens is 1. The Bertz CT molecular complexity index is 1250. The third kappa shape index (κ3) is 12.2. The van der Waals surface area contributed by atoms with Gasteiger partial charge in [0.05, 0.1) is 0 Å². The van der Waals surface area contributed by atoms with Crippen molar-refractivity contribution in [3.63, 3.8) is 0 Å². The molecule has 1 aliphatic rings. The number of nitrogens with one attached hydrogen (secondary N) is 2. The Kier molecular flexibility index (Phi) is 14.9. The third-order valence-corrected chi connectivity index (χ3v) is 6.31. The van der Waals surface area contributed by atoms with Gasteiger partial charge in [-0.2, -0.15) is 0 Å². The molecule has 2 unspecified atom stereocenters. The zero-order valence-electron chi connectivity index (χ0n) is 25.1. The van der Waals surface area contributed by atoms with Crippen LogP contribution in [0.5, 0.6) is 0 Å². The lowest BCUT2D eigenvalue weighted by Gasteiger charge is -2.18.